The summed E-state index contributed by atoms with van der Waals surface area (Å²) < 4.78 is 37.7. The maximum absolute atomic E-state index is 12.0. The van der Waals surface area contributed by atoms with Gasteiger partial charge in [0.15, 0.2) is 0 Å². The molecule has 0 unspecified atom stereocenters. The number of hydrogen-bond acceptors (Lipinski definition) is 2. The number of nitrogens with zero attached hydrogens (tertiary/aromatic N) is 2. The van der Waals surface area contributed by atoms with E-state index in [1.165, 1.54) is 0 Å². The third-order valence-corrected chi connectivity index (χ3v) is 2.76. The fraction of sp³-hybridized carbons (Fsp3) is 0.667. The van der Waals surface area contributed by atoms with Crippen molar-refractivity contribution in [3.05, 3.63) is 18.0 Å². The SMILES string of the molecule is CCC(CC)n1ccc(CC(=O)CC(F)(F)F)n1. The molecule has 0 N–H and O–H groups in total. The van der Waals surface area contributed by atoms with E-state index in [1.54, 1.807) is 16.9 Å². The van der Waals surface area contributed by atoms with E-state index >= 15 is 0 Å². The minimum Gasteiger partial charge on any atom is -0.299 e. The lowest BCUT2D eigenvalue weighted by Gasteiger charge is -2.12. The number of aromatic nitrogens is 2. The number of Topliss-reactive ketones (excluding diaryl/α,β-unsaturated/α-hetero) is 1. The normalized spacial score (nSPS) is 12.1. The van der Waals surface area contributed by atoms with E-state index in [4.69, 9.17) is 0 Å². The van der Waals surface area contributed by atoms with Crippen LogP contribution < -0.4 is 0 Å². The average Bonchev–Trinajstić information content (AvgIpc) is 2.65. The predicted octanol–water partition coefficient (Wildman–Crippen LogP) is 3.31. The molecule has 0 spiro atoms. The van der Waals surface area contributed by atoms with Gasteiger partial charge in [-0.05, 0) is 18.9 Å². The zero-order valence-corrected chi connectivity index (χ0v) is 10.5. The van der Waals surface area contributed by atoms with Crippen LogP contribution in [0.4, 0.5) is 13.2 Å². The maximum Gasteiger partial charge on any atom is 0.395 e. The Labute approximate surface area is 104 Å². The van der Waals surface area contributed by atoms with Crippen molar-refractivity contribution >= 4 is 5.78 Å². The molecular formula is C12H17F3N2O. The molecule has 0 fully saturated rings. The number of halogens is 3. The van der Waals surface area contributed by atoms with Crippen LogP contribution in [0.2, 0.25) is 0 Å². The Morgan fingerprint density at radius 3 is 2.50 bits per heavy atom. The summed E-state index contributed by atoms with van der Waals surface area (Å²) in [5.41, 5.74) is 0.399. The number of rotatable bonds is 6. The molecule has 0 saturated carbocycles. The molecule has 0 radical (unpaired) electrons. The third-order valence-electron chi connectivity index (χ3n) is 2.76. The van der Waals surface area contributed by atoms with Crippen molar-refractivity contribution in [2.24, 2.45) is 0 Å². The minimum atomic E-state index is -4.44. The van der Waals surface area contributed by atoms with E-state index < -0.39 is 18.4 Å². The summed E-state index contributed by atoms with van der Waals surface area (Å²) in [5.74, 6) is -0.850. The highest BCUT2D eigenvalue weighted by molar-refractivity contribution is 5.80. The van der Waals surface area contributed by atoms with Crippen molar-refractivity contribution in [3.8, 4) is 0 Å². The topological polar surface area (TPSA) is 34.9 Å². The molecule has 1 aromatic heterocycles. The van der Waals surface area contributed by atoms with Gasteiger partial charge in [0.2, 0.25) is 0 Å². The largest absolute Gasteiger partial charge is 0.395 e. The van der Waals surface area contributed by atoms with Crippen molar-refractivity contribution < 1.29 is 18.0 Å². The summed E-state index contributed by atoms with van der Waals surface area (Å²) in [4.78, 5) is 11.2. The molecule has 0 saturated heterocycles. The van der Waals surface area contributed by atoms with Crippen LogP contribution in [0.5, 0.6) is 0 Å². The van der Waals surface area contributed by atoms with E-state index in [0.717, 1.165) is 12.8 Å². The van der Waals surface area contributed by atoms with Crippen LogP contribution in [0.1, 0.15) is 44.8 Å². The lowest BCUT2D eigenvalue weighted by Crippen LogP contribution is -2.17. The first-order valence-electron chi connectivity index (χ1n) is 5.98. The molecule has 0 bridgehead atoms. The second kappa shape index (κ2) is 6.02. The van der Waals surface area contributed by atoms with Gasteiger partial charge < -0.3 is 0 Å². The molecule has 0 aromatic carbocycles. The van der Waals surface area contributed by atoms with Crippen LogP contribution in [0, 0.1) is 0 Å². The highest BCUT2D eigenvalue weighted by Gasteiger charge is 2.31. The van der Waals surface area contributed by atoms with Crippen molar-refractivity contribution in [1.82, 2.24) is 9.78 Å². The summed E-state index contributed by atoms with van der Waals surface area (Å²) in [5, 5.41) is 4.15. The average molecular weight is 262 g/mol. The molecule has 0 amide bonds. The summed E-state index contributed by atoms with van der Waals surface area (Å²) in [6.07, 6.45) is -2.57. The zero-order chi connectivity index (χ0) is 13.8. The molecule has 6 heteroatoms. The first-order valence-corrected chi connectivity index (χ1v) is 5.98. The van der Waals surface area contributed by atoms with Gasteiger partial charge in [0.25, 0.3) is 0 Å². The number of carbonyl (C=O) groups is 1. The quantitative estimate of drug-likeness (QED) is 0.788. The van der Waals surface area contributed by atoms with Crippen molar-refractivity contribution in [2.75, 3.05) is 0 Å². The van der Waals surface area contributed by atoms with Gasteiger partial charge in [0, 0.05) is 6.20 Å². The number of alkyl halides is 3. The molecule has 0 atom stereocenters. The van der Waals surface area contributed by atoms with E-state index in [9.17, 15) is 18.0 Å². The monoisotopic (exact) mass is 262 g/mol. The number of hydrogen-bond donors (Lipinski definition) is 0. The standard InChI is InChI=1S/C12H17F3N2O/c1-3-10(4-2)17-6-5-9(16-17)7-11(18)8-12(13,14)15/h5-6,10H,3-4,7-8H2,1-2H3. The third kappa shape index (κ3) is 4.50. The molecule has 1 rings (SSSR count). The fourth-order valence-electron chi connectivity index (χ4n) is 1.83. The summed E-state index contributed by atoms with van der Waals surface area (Å²) in [6, 6.07) is 1.84. The Bertz CT molecular complexity index is 394. The highest BCUT2D eigenvalue weighted by Crippen LogP contribution is 2.21. The van der Waals surface area contributed by atoms with Gasteiger partial charge >= 0.3 is 6.18 Å². The first kappa shape index (κ1) is 14.7. The van der Waals surface area contributed by atoms with Crippen molar-refractivity contribution in [1.29, 1.82) is 0 Å². The Hall–Kier alpha value is -1.33. The van der Waals surface area contributed by atoms with Crippen LogP contribution in [0.3, 0.4) is 0 Å². The van der Waals surface area contributed by atoms with Crippen molar-refractivity contribution in [3.63, 3.8) is 0 Å². The van der Waals surface area contributed by atoms with Crippen LogP contribution >= 0.6 is 0 Å². The zero-order valence-electron chi connectivity index (χ0n) is 10.5. The highest BCUT2D eigenvalue weighted by atomic mass is 19.4. The van der Waals surface area contributed by atoms with Crippen LogP contribution in [-0.2, 0) is 11.2 Å². The Kier molecular flexibility index (Phi) is 4.93. The van der Waals surface area contributed by atoms with Gasteiger partial charge in [0.1, 0.15) is 12.2 Å². The second-order valence-electron chi connectivity index (χ2n) is 4.26. The van der Waals surface area contributed by atoms with Gasteiger partial charge in [-0.25, -0.2) is 0 Å². The van der Waals surface area contributed by atoms with Crippen LogP contribution in [0.25, 0.3) is 0 Å². The minimum absolute atomic E-state index is 0.233. The van der Waals surface area contributed by atoms with Gasteiger partial charge in [-0.3, -0.25) is 9.48 Å². The van der Waals surface area contributed by atoms with E-state index in [2.05, 4.69) is 5.10 Å². The molecule has 1 heterocycles. The maximum atomic E-state index is 12.0. The molecule has 0 aliphatic carbocycles. The Balaban J connectivity index is 2.61. The first-order chi connectivity index (χ1) is 8.35. The molecule has 0 aliphatic rings. The summed E-state index contributed by atoms with van der Waals surface area (Å²) >= 11 is 0. The van der Waals surface area contributed by atoms with Gasteiger partial charge in [0.05, 0.1) is 18.2 Å². The van der Waals surface area contributed by atoms with E-state index in [0.29, 0.717) is 5.69 Å². The summed E-state index contributed by atoms with van der Waals surface area (Å²) in [6.45, 7) is 4.04. The molecule has 3 nitrogen and oxygen atoms in total. The predicted molar refractivity (Wildman–Crippen MR) is 61.2 cm³/mol. The lowest BCUT2D eigenvalue weighted by molar-refractivity contribution is -0.151. The molecular weight excluding hydrogens is 245 g/mol. The molecule has 102 valence electrons. The van der Waals surface area contributed by atoms with Crippen LogP contribution in [0.15, 0.2) is 12.3 Å². The lowest BCUT2D eigenvalue weighted by atomic mass is 10.2. The van der Waals surface area contributed by atoms with Gasteiger partial charge in [-0.1, -0.05) is 13.8 Å². The molecule has 18 heavy (non-hydrogen) atoms. The fourth-order valence-corrected chi connectivity index (χ4v) is 1.83. The summed E-state index contributed by atoms with van der Waals surface area (Å²) in [7, 11) is 0. The Morgan fingerprint density at radius 1 is 1.39 bits per heavy atom. The van der Waals surface area contributed by atoms with Crippen LogP contribution in [-0.4, -0.2) is 21.7 Å². The smallest absolute Gasteiger partial charge is 0.299 e. The van der Waals surface area contributed by atoms with E-state index in [-0.39, 0.29) is 12.5 Å². The number of ketones is 1. The van der Waals surface area contributed by atoms with Gasteiger partial charge in [-0.15, -0.1) is 0 Å². The molecule has 0 aliphatic heterocycles. The van der Waals surface area contributed by atoms with E-state index in [1.807, 2.05) is 13.8 Å². The number of carbonyl (C=O) groups excluding carboxylic acids is 1. The molecule has 1 aromatic rings. The van der Waals surface area contributed by atoms with Gasteiger partial charge in [-0.2, -0.15) is 18.3 Å². The Morgan fingerprint density at radius 2 is 2.00 bits per heavy atom. The van der Waals surface area contributed by atoms with Crippen molar-refractivity contribution in [2.45, 2.75) is 51.7 Å². The second-order valence-corrected chi connectivity index (χ2v) is 4.26.